The van der Waals surface area contributed by atoms with Gasteiger partial charge in [0.05, 0.1) is 0 Å². The molecule has 3 aromatic rings. The van der Waals surface area contributed by atoms with Crippen molar-refractivity contribution < 1.29 is 31.1 Å². The van der Waals surface area contributed by atoms with E-state index in [2.05, 4.69) is 20.4 Å². The summed E-state index contributed by atoms with van der Waals surface area (Å²) in [6.07, 6.45) is -4.47. The van der Waals surface area contributed by atoms with Crippen LogP contribution in [0, 0.1) is 11.8 Å². The second-order valence-corrected chi connectivity index (χ2v) is 8.55. The zero-order chi connectivity index (χ0) is 24.1. The molecule has 1 aliphatic heterocycles. The number of rotatable bonds is 5. The molecule has 0 radical (unpaired) electrons. The number of alkyl halides is 6. The standard InChI is InChI=1S/C21H20F6N6O/c22-20(23,24)11-34-15-2-1-7-33-18(15)30-19(31-33)29-17-12-3-4-13(17)10-32(9-12)14-5-6-28-16(8-14)21(25,26)27/h1-2,5-8,12-13,17H,3-4,9-11H2,(H,29,31)/t12-,13+,17-. The molecule has 0 unspecified atom stereocenters. The van der Waals surface area contributed by atoms with E-state index in [9.17, 15) is 26.3 Å². The van der Waals surface area contributed by atoms with Crippen molar-refractivity contribution in [2.45, 2.75) is 31.2 Å². The Morgan fingerprint density at radius 2 is 1.79 bits per heavy atom. The number of halogens is 6. The minimum absolute atomic E-state index is 0.00266. The Morgan fingerprint density at radius 3 is 2.47 bits per heavy atom. The highest BCUT2D eigenvalue weighted by molar-refractivity contribution is 5.56. The Morgan fingerprint density at radius 1 is 1.06 bits per heavy atom. The summed E-state index contributed by atoms with van der Waals surface area (Å²) in [5.41, 5.74) is -0.277. The van der Waals surface area contributed by atoms with Gasteiger partial charge in [-0.05, 0) is 48.9 Å². The maximum atomic E-state index is 13.1. The molecule has 2 bridgehead atoms. The Balaban J connectivity index is 1.31. The first-order valence-electron chi connectivity index (χ1n) is 10.7. The summed E-state index contributed by atoms with van der Waals surface area (Å²) in [5, 5.41) is 7.61. The predicted octanol–water partition coefficient (Wildman–Crippen LogP) is 4.41. The van der Waals surface area contributed by atoms with Crippen molar-refractivity contribution in [3.63, 3.8) is 0 Å². The van der Waals surface area contributed by atoms with Crippen LogP contribution in [0.25, 0.3) is 5.65 Å². The largest absolute Gasteiger partial charge is 0.480 e. The molecule has 7 nitrogen and oxygen atoms in total. The maximum Gasteiger partial charge on any atom is 0.433 e. The summed E-state index contributed by atoms with van der Waals surface area (Å²) in [7, 11) is 0. The molecule has 1 N–H and O–H groups in total. The molecule has 1 aliphatic carbocycles. The average molecular weight is 486 g/mol. The summed E-state index contributed by atoms with van der Waals surface area (Å²) >= 11 is 0. The van der Waals surface area contributed by atoms with Gasteiger partial charge in [-0.3, -0.25) is 4.98 Å². The van der Waals surface area contributed by atoms with E-state index in [-0.39, 0.29) is 35.2 Å². The minimum atomic E-state index is -4.51. The van der Waals surface area contributed by atoms with Crippen molar-refractivity contribution in [3.8, 4) is 5.75 Å². The van der Waals surface area contributed by atoms with Gasteiger partial charge in [0.1, 0.15) is 5.69 Å². The average Bonchev–Trinajstić information content (AvgIpc) is 3.27. The van der Waals surface area contributed by atoms with Crippen LogP contribution in [0.3, 0.4) is 0 Å². The third-order valence-corrected chi connectivity index (χ3v) is 6.25. The molecule has 0 aromatic carbocycles. The fourth-order valence-corrected chi connectivity index (χ4v) is 4.80. The smallest absolute Gasteiger partial charge is 0.433 e. The van der Waals surface area contributed by atoms with Crippen molar-refractivity contribution in [2.75, 3.05) is 29.9 Å². The maximum absolute atomic E-state index is 13.1. The molecule has 1 saturated carbocycles. The number of ether oxygens (including phenoxy) is 1. The number of pyridine rings is 2. The third kappa shape index (κ3) is 4.55. The molecule has 34 heavy (non-hydrogen) atoms. The van der Waals surface area contributed by atoms with Gasteiger partial charge in [-0.1, -0.05) is 0 Å². The van der Waals surface area contributed by atoms with Crippen LogP contribution in [0.5, 0.6) is 5.75 Å². The molecule has 0 amide bonds. The van der Waals surface area contributed by atoms with E-state index in [1.807, 2.05) is 4.90 Å². The highest BCUT2D eigenvalue weighted by atomic mass is 19.4. The number of nitrogens with zero attached hydrogens (tertiary/aromatic N) is 5. The first-order valence-corrected chi connectivity index (χ1v) is 10.7. The minimum Gasteiger partial charge on any atom is -0.480 e. The first kappa shape index (κ1) is 22.5. The third-order valence-electron chi connectivity index (χ3n) is 6.25. The molecule has 0 spiro atoms. The van der Waals surface area contributed by atoms with E-state index < -0.39 is 24.7 Å². The number of nitrogens with one attached hydrogen (secondary N) is 1. The van der Waals surface area contributed by atoms with E-state index >= 15 is 0 Å². The van der Waals surface area contributed by atoms with E-state index in [0.717, 1.165) is 18.9 Å². The zero-order valence-electron chi connectivity index (χ0n) is 17.6. The number of hydrogen-bond acceptors (Lipinski definition) is 6. The summed E-state index contributed by atoms with van der Waals surface area (Å²) in [6.45, 7) is -0.318. The SMILES string of the molecule is FC(F)(F)COc1cccn2nc(N[C@@H]3[C@@H]4CC[C@H]3CN(c3ccnc(C(F)(F)F)c3)C4)nc12. The summed E-state index contributed by atoms with van der Waals surface area (Å²) in [6, 6.07) is 5.56. The molecule has 13 heteroatoms. The highest BCUT2D eigenvalue weighted by Gasteiger charge is 2.43. The van der Waals surface area contributed by atoms with Gasteiger partial charge < -0.3 is 15.0 Å². The van der Waals surface area contributed by atoms with Crippen molar-refractivity contribution in [2.24, 2.45) is 11.8 Å². The molecule has 182 valence electrons. The van der Waals surface area contributed by atoms with E-state index in [0.29, 0.717) is 18.8 Å². The lowest BCUT2D eigenvalue weighted by atomic mass is 9.92. The second-order valence-electron chi connectivity index (χ2n) is 8.55. The molecule has 4 heterocycles. The van der Waals surface area contributed by atoms with Gasteiger partial charge in [0.2, 0.25) is 5.95 Å². The van der Waals surface area contributed by atoms with Crippen molar-refractivity contribution >= 4 is 17.3 Å². The topological polar surface area (TPSA) is 67.6 Å². The number of aromatic nitrogens is 4. The lowest BCUT2D eigenvalue weighted by Crippen LogP contribution is -2.48. The number of fused-ring (bicyclic) bond motifs is 3. The molecule has 2 fully saturated rings. The van der Waals surface area contributed by atoms with Crippen molar-refractivity contribution in [1.29, 1.82) is 0 Å². The van der Waals surface area contributed by atoms with Crippen LogP contribution in [-0.2, 0) is 6.18 Å². The quantitative estimate of drug-likeness (QED) is 0.539. The van der Waals surface area contributed by atoms with Crippen LogP contribution >= 0.6 is 0 Å². The van der Waals surface area contributed by atoms with Crippen LogP contribution in [0.2, 0.25) is 0 Å². The normalized spacial score (nSPS) is 22.9. The van der Waals surface area contributed by atoms with Gasteiger partial charge in [-0.15, -0.1) is 5.10 Å². The Bertz CT molecular complexity index is 1160. The van der Waals surface area contributed by atoms with Crippen molar-refractivity contribution in [1.82, 2.24) is 19.6 Å². The molecule has 5 rings (SSSR count). The van der Waals surface area contributed by atoms with Crippen LogP contribution in [0.4, 0.5) is 38.0 Å². The number of anilines is 2. The molecular formula is C21H20F6N6O. The van der Waals surface area contributed by atoms with Gasteiger partial charge in [-0.25, -0.2) is 4.52 Å². The lowest BCUT2D eigenvalue weighted by Gasteiger charge is -2.39. The Labute approximate surface area is 189 Å². The van der Waals surface area contributed by atoms with Gasteiger partial charge in [0.15, 0.2) is 18.0 Å². The second kappa shape index (κ2) is 8.20. The summed E-state index contributed by atoms with van der Waals surface area (Å²) in [4.78, 5) is 9.69. The molecule has 3 atom stereocenters. The highest BCUT2D eigenvalue weighted by Crippen LogP contribution is 2.41. The van der Waals surface area contributed by atoms with E-state index in [1.165, 1.54) is 22.8 Å². The lowest BCUT2D eigenvalue weighted by molar-refractivity contribution is -0.153. The van der Waals surface area contributed by atoms with Crippen molar-refractivity contribution in [3.05, 3.63) is 42.4 Å². The Hall–Kier alpha value is -3.25. The molecular weight excluding hydrogens is 466 g/mol. The van der Waals surface area contributed by atoms with E-state index in [4.69, 9.17) is 4.74 Å². The summed E-state index contributed by atoms with van der Waals surface area (Å²) < 4.78 is 83.0. The van der Waals surface area contributed by atoms with Crippen LogP contribution in [-0.4, -0.2) is 51.5 Å². The fraction of sp³-hybridized carbons (Fsp3) is 0.476. The van der Waals surface area contributed by atoms with Gasteiger partial charge in [-0.2, -0.15) is 31.3 Å². The predicted molar refractivity (Wildman–Crippen MR) is 110 cm³/mol. The van der Waals surface area contributed by atoms with E-state index in [1.54, 1.807) is 12.3 Å². The number of hydrogen-bond donors (Lipinski definition) is 1. The van der Waals surface area contributed by atoms with Gasteiger partial charge >= 0.3 is 12.4 Å². The van der Waals surface area contributed by atoms with Crippen LogP contribution in [0.1, 0.15) is 18.5 Å². The monoisotopic (exact) mass is 486 g/mol. The number of piperidine rings is 1. The first-order chi connectivity index (χ1) is 16.1. The van der Waals surface area contributed by atoms with Crippen LogP contribution in [0.15, 0.2) is 36.7 Å². The van der Waals surface area contributed by atoms with Crippen LogP contribution < -0.4 is 15.0 Å². The fourth-order valence-electron chi connectivity index (χ4n) is 4.80. The summed E-state index contributed by atoms with van der Waals surface area (Å²) in [5.74, 6) is 0.528. The zero-order valence-corrected chi connectivity index (χ0v) is 17.6. The molecule has 2 aliphatic rings. The van der Waals surface area contributed by atoms with Gasteiger partial charge in [0.25, 0.3) is 0 Å². The Kier molecular flexibility index (Phi) is 5.44. The van der Waals surface area contributed by atoms with Gasteiger partial charge in [0, 0.05) is 37.2 Å². The molecule has 3 aromatic heterocycles. The molecule has 1 saturated heterocycles.